The molecule has 0 saturated heterocycles. The third-order valence-corrected chi connectivity index (χ3v) is 9.96. The fourth-order valence-electron chi connectivity index (χ4n) is 5.04. The number of carbonyl (C=O) groups excluding carboxylic acids is 2. The lowest BCUT2D eigenvalue weighted by Gasteiger charge is -2.34. The molecule has 0 aliphatic heterocycles. The van der Waals surface area contributed by atoms with Crippen molar-refractivity contribution in [2.75, 3.05) is 30.3 Å². The Hall–Kier alpha value is -4.35. The number of nitrogens with one attached hydrogen (secondary N) is 1. The zero-order chi connectivity index (χ0) is 33.8. The first-order valence-electron chi connectivity index (χ1n) is 15.4. The first-order chi connectivity index (χ1) is 22.7. The van der Waals surface area contributed by atoms with Gasteiger partial charge in [-0.2, -0.15) is 0 Å². The highest BCUT2D eigenvalue weighted by atomic mass is 32.2. The van der Waals surface area contributed by atoms with Gasteiger partial charge in [-0.05, 0) is 79.3 Å². The molecule has 0 aliphatic carbocycles. The number of carbonyl (C=O) groups is 2. The van der Waals surface area contributed by atoms with Crippen LogP contribution in [-0.4, -0.2) is 57.1 Å². The van der Waals surface area contributed by atoms with Gasteiger partial charge >= 0.3 is 0 Å². The van der Waals surface area contributed by atoms with Crippen LogP contribution in [0.5, 0.6) is 5.75 Å². The molecule has 1 N–H and O–H groups in total. The Morgan fingerprint density at radius 3 is 2.17 bits per heavy atom. The number of halogens is 1. The second kappa shape index (κ2) is 17.0. The van der Waals surface area contributed by atoms with Gasteiger partial charge in [0.25, 0.3) is 10.0 Å². The summed E-state index contributed by atoms with van der Waals surface area (Å²) in [6.45, 7) is 3.71. The van der Waals surface area contributed by atoms with E-state index >= 15 is 0 Å². The predicted octanol–water partition coefficient (Wildman–Crippen LogP) is 6.31. The molecule has 11 heteroatoms. The minimum Gasteiger partial charge on any atom is -0.492 e. The highest BCUT2D eigenvalue weighted by Crippen LogP contribution is 2.33. The third-order valence-electron chi connectivity index (χ3n) is 7.45. The van der Waals surface area contributed by atoms with Crippen molar-refractivity contribution in [3.63, 3.8) is 0 Å². The lowest BCUT2D eigenvalue weighted by Crippen LogP contribution is -2.53. The van der Waals surface area contributed by atoms with Crippen LogP contribution >= 0.6 is 11.8 Å². The predicted molar refractivity (Wildman–Crippen MR) is 185 cm³/mol. The van der Waals surface area contributed by atoms with Crippen LogP contribution in [0.2, 0.25) is 0 Å². The van der Waals surface area contributed by atoms with E-state index in [1.807, 2.05) is 43.5 Å². The Kier molecular flexibility index (Phi) is 12.8. The molecule has 0 saturated carbocycles. The van der Waals surface area contributed by atoms with Gasteiger partial charge in [0.2, 0.25) is 11.8 Å². The van der Waals surface area contributed by atoms with E-state index in [9.17, 15) is 22.4 Å². The van der Waals surface area contributed by atoms with E-state index in [0.29, 0.717) is 24.3 Å². The molecule has 0 bridgehead atoms. The van der Waals surface area contributed by atoms with Gasteiger partial charge < -0.3 is 15.0 Å². The highest BCUT2D eigenvalue weighted by molar-refractivity contribution is 7.98. The molecule has 4 aromatic carbocycles. The van der Waals surface area contributed by atoms with E-state index < -0.39 is 34.3 Å². The van der Waals surface area contributed by atoms with Gasteiger partial charge in [-0.3, -0.25) is 13.9 Å². The molecule has 4 aromatic rings. The van der Waals surface area contributed by atoms with Gasteiger partial charge in [0, 0.05) is 24.4 Å². The molecule has 0 heterocycles. The van der Waals surface area contributed by atoms with E-state index in [0.717, 1.165) is 14.8 Å². The van der Waals surface area contributed by atoms with Crippen LogP contribution in [0.1, 0.15) is 31.4 Å². The van der Waals surface area contributed by atoms with Crippen LogP contribution in [0.4, 0.5) is 10.1 Å². The normalized spacial score (nSPS) is 11.8. The van der Waals surface area contributed by atoms with Gasteiger partial charge in [0.15, 0.2) is 0 Å². The largest absolute Gasteiger partial charge is 0.492 e. The molecule has 0 aliphatic rings. The van der Waals surface area contributed by atoms with Gasteiger partial charge in [0.1, 0.15) is 24.2 Å². The molecule has 8 nitrogen and oxygen atoms in total. The van der Waals surface area contributed by atoms with Crippen LogP contribution in [-0.2, 0) is 32.6 Å². The molecule has 47 heavy (non-hydrogen) atoms. The maximum Gasteiger partial charge on any atom is 0.264 e. The molecule has 248 valence electrons. The summed E-state index contributed by atoms with van der Waals surface area (Å²) in [5.41, 5.74) is 1.59. The summed E-state index contributed by atoms with van der Waals surface area (Å²) in [4.78, 5) is 30.6. The Morgan fingerprint density at radius 2 is 1.53 bits per heavy atom. The maximum atomic E-state index is 14.6. The van der Waals surface area contributed by atoms with Crippen molar-refractivity contribution in [1.29, 1.82) is 0 Å². The van der Waals surface area contributed by atoms with Crippen LogP contribution in [0.15, 0.2) is 113 Å². The van der Waals surface area contributed by atoms with Crippen molar-refractivity contribution in [3.8, 4) is 5.75 Å². The van der Waals surface area contributed by atoms with Crippen LogP contribution in [0.3, 0.4) is 0 Å². The molecule has 0 unspecified atom stereocenters. The average Bonchev–Trinajstić information content (AvgIpc) is 3.09. The smallest absolute Gasteiger partial charge is 0.264 e. The number of hydrogen-bond donors (Lipinski definition) is 1. The van der Waals surface area contributed by atoms with Crippen LogP contribution in [0.25, 0.3) is 0 Å². The standard InChI is InChI=1S/C36H40FN3O5S2/c1-4-23-38-36(42)33(24-27-11-7-6-8-12-27)39(25-28-15-17-29(37)18-16-28)35(41)26-40(32-13-9-10-14-34(32)45-5-2)47(43,44)31-21-19-30(46-3)20-22-31/h6-22,33H,4-5,23-26H2,1-3H3,(H,38,42)/t33-/m1/s1. The third kappa shape index (κ3) is 9.36. The van der Waals surface area contributed by atoms with E-state index in [1.54, 1.807) is 55.5 Å². The summed E-state index contributed by atoms with van der Waals surface area (Å²) in [7, 11) is -4.30. The fraction of sp³-hybridized carbons (Fsp3) is 0.278. The van der Waals surface area contributed by atoms with Crippen molar-refractivity contribution in [1.82, 2.24) is 10.2 Å². The quantitative estimate of drug-likeness (QED) is 0.140. The lowest BCUT2D eigenvalue weighted by atomic mass is 10.0. The molecule has 0 radical (unpaired) electrons. The molecular formula is C36H40FN3O5S2. The minimum atomic E-state index is -4.30. The van der Waals surface area contributed by atoms with E-state index in [4.69, 9.17) is 4.74 Å². The first kappa shape index (κ1) is 35.5. The number of benzene rings is 4. The number of thioether (sulfide) groups is 1. The number of sulfonamides is 1. The molecule has 1 atom stereocenters. The lowest BCUT2D eigenvalue weighted by molar-refractivity contribution is -0.140. The number of amides is 2. The monoisotopic (exact) mass is 677 g/mol. The second-order valence-electron chi connectivity index (χ2n) is 10.7. The SMILES string of the molecule is CCCNC(=O)[C@@H](Cc1ccccc1)N(Cc1ccc(F)cc1)C(=O)CN(c1ccccc1OCC)S(=O)(=O)c1ccc(SC)cc1. The van der Waals surface area contributed by atoms with E-state index in [-0.39, 0.29) is 36.1 Å². The van der Waals surface area contributed by atoms with Crippen molar-refractivity contribution >= 4 is 39.3 Å². The molecular weight excluding hydrogens is 638 g/mol. The number of hydrogen-bond acceptors (Lipinski definition) is 6. The number of nitrogens with zero attached hydrogens (tertiary/aromatic N) is 2. The Labute approximate surface area is 281 Å². The highest BCUT2D eigenvalue weighted by Gasteiger charge is 2.35. The topological polar surface area (TPSA) is 96.0 Å². The van der Waals surface area contributed by atoms with E-state index in [2.05, 4.69) is 5.32 Å². The number of ether oxygens (including phenoxy) is 1. The summed E-state index contributed by atoms with van der Waals surface area (Å²) in [5.74, 6) is -1.13. The summed E-state index contributed by atoms with van der Waals surface area (Å²) in [5, 5.41) is 2.91. The number of anilines is 1. The summed E-state index contributed by atoms with van der Waals surface area (Å²) in [6.07, 6.45) is 2.76. The fourth-order valence-corrected chi connectivity index (χ4v) is 6.87. The Morgan fingerprint density at radius 1 is 0.872 bits per heavy atom. The van der Waals surface area contributed by atoms with Crippen molar-refractivity contribution in [2.24, 2.45) is 0 Å². The number of rotatable bonds is 16. The van der Waals surface area contributed by atoms with Crippen LogP contribution < -0.4 is 14.4 Å². The maximum absolute atomic E-state index is 14.6. The first-order valence-corrected chi connectivity index (χ1v) is 18.1. The van der Waals surface area contributed by atoms with Gasteiger partial charge in [-0.25, -0.2) is 12.8 Å². The van der Waals surface area contributed by atoms with Crippen molar-refractivity contribution in [3.05, 3.63) is 120 Å². The molecule has 2 amide bonds. The summed E-state index contributed by atoms with van der Waals surface area (Å²) in [6, 6.07) is 27.1. The molecule has 4 rings (SSSR count). The average molecular weight is 678 g/mol. The minimum absolute atomic E-state index is 0.000936. The summed E-state index contributed by atoms with van der Waals surface area (Å²) >= 11 is 1.48. The molecule has 0 aromatic heterocycles. The molecule has 0 spiro atoms. The van der Waals surface area contributed by atoms with Crippen molar-refractivity contribution < 1.29 is 27.1 Å². The summed E-state index contributed by atoms with van der Waals surface area (Å²) < 4.78 is 49.4. The Balaban J connectivity index is 1.83. The Bertz CT molecular complexity index is 1720. The van der Waals surface area contributed by atoms with Crippen molar-refractivity contribution in [2.45, 2.75) is 49.1 Å². The van der Waals surface area contributed by atoms with Gasteiger partial charge in [0.05, 0.1) is 17.2 Å². The van der Waals surface area contributed by atoms with E-state index in [1.165, 1.54) is 40.9 Å². The molecule has 0 fully saturated rings. The van der Waals surface area contributed by atoms with Gasteiger partial charge in [-0.15, -0.1) is 11.8 Å². The second-order valence-corrected chi connectivity index (χ2v) is 13.5. The van der Waals surface area contributed by atoms with Gasteiger partial charge in [-0.1, -0.05) is 61.5 Å². The zero-order valence-electron chi connectivity index (χ0n) is 26.8. The number of para-hydroxylation sites is 2. The zero-order valence-corrected chi connectivity index (χ0v) is 28.4. The van der Waals surface area contributed by atoms with Crippen LogP contribution in [0, 0.1) is 5.82 Å².